The quantitative estimate of drug-likeness (QED) is 0.891. The average Bonchev–Trinajstić information content (AvgIpc) is 2.27. The van der Waals surface area contributed by atoms with Crippen LogP contribution in [0.2, 0.25) is 5.02 Å². The Morgan fingerprint density at radius 3 is 2.56 bits per heavy atom. The number of aromatic nitrogens is 2. The molecule has 0 saturated heterocycles. The van der Waals surface area contributed by atoms with Crippen LogP contribution in [0.5, 0.6) is 0 Å². The molecule has 0 fully saturated rings. The fourth-order valence-electron chi connectivity index (χ4n) is 1.14. The first-order valence-corrected chi connectivity index (χ1v) is 5.87. The summed E-state index contributed by atoms with van der Waals surface area (Å²) >= 11 is 7.24. The van der Waals surface area contributed by atoms with E-state index in [0.717, 1.165) is 15.7 Å². The van der Waals surface area contributed by atoms with E-state index in [9.17, 15) is 0 Å². The molecule has 0 aliphatic heterocycles. The molecule has 2 rings (SSSR count). The molecular formula is C11H10ClN3S. The van der Waals surface area contributed by atoms with Crippen LogP contribution in [0.15, 0.2) is 40.5 Å². The second kappa shape index (κ2) is 4.72. The smallest absolute Gasteiger partial charge is 0.103 e. The van der Waals surface area contributed by atoms with Gasteiger partial charge in [-0.15, -0.1) is 0 Å². The van der Waals surface area contributed by atoms with Crippen LogP contribution in [-0.2, 0) is 0 Å². The van der Waals surface area contributed by atoms with E-state index in [1.165, 1.54) is 11.8 Å². The lowest BCUT2D eigenvalue weighted by Crippen LogP contribution is -1.93. The zero-order chi connectivity index (χ0) is 11.5. The van der Waals surface area contributed by atoms with Crippen LogP contribution >= 0.6 is 23.4 Å². The third kappa shape index (κ3) is 2.65. The van der Waals surface area contributed by atoms with Crippen molar-refractivity contribution < 1.29 is 0 Å². The van der Waals surface area contributed by atoms with Crippen molar-refractivity contribution in [3.8, 4) is 0 Å². The molecule has 0 radical (unpaired) electrons. The first-order valence-electron chi connectivity index (χ1n) is 4.67. The standard InChI is InChI=1S/C11H10ClN3S/c1-7-9(13)3-5-11(15-7)16-10-4-2-8(12)6-14-10/h2-6H,13H2,1H3. The van der Waals surface area contributed by atoms with Crippen molar-refractivity contribution in [1.82, 2.24) is 9.97 Å². The number of rotatable bonds is 2. The summed E-state index contributed by atoms with van der Waals surface area (Å²) in [4.78, 5) is 8.54. The van der Waals surface area contributed by atoms with Crippen LogP contribution in [0.3, 0.4) is 0 Å². The number of halogens is 1. The predicted molar refractivity (Wildman–Crippen MR) is 66.8 cm³/mol. The van der Waals surface area contributed by atoms with E-state index < -0.39 is 0 Å². The third-order valence-electron chi connectivity index (χ3n) is 2.01. The van der Waals surface area contributed by atoms with Gasteiger partial charge in [-0.3, -0.25) is 0 Å². The molecule has 0 aliphatic rings. The highest BCUT2D eigenvalue weighted by Gasteiger charge is 2.02. The van der Waals surface area contributed by atoms with Gasteiger partial charge in [0.1, 0.15) is 10.1 Å². The molecule has 3 nitrogen and oxygen atoms in total. The zero-order valence-electron chi connectivity index (χ0n) is 8.64. The minimum Gasteiger partial charge on any atom is -0.397 e. The van der Waals surface area contributed by atoms with Crippen molar-refractivity contribution in [2.45, 2.75) is 17.0 Å². The Balaban J connectivity index is 2.20. The van der Waals surface area contributed by atoms with Gasteiger partial charge in [0, 0.05) is 6.20 Å². The van der Waals surface area contributed by atoms with Crippen molar-refractivity contribution in [3.63, 3.8) is 0 Å². The number of aryl methyl sites for hydroxylation is 1. The van der Waals surface area contributed by atoms with Gasteiger partial charge in [0.05, 0.1) is 16.4 Å². The minimum absolute atomic E-state index is 0.630. The van der Waals surface area contributed by atoms with Crippen LogP contribution in [0.25, 0.3) is 0 Å². The third-order valence-corrected chi connectivity index (χ3v) is 3.12. The van der Waals surface area contributed by atoms with Gasteiger partial charge < -0.3 is 5.73 Å². The molecule has 2 N–H and O–H groups in total. The molecule has 0 unspecified atom stereocenters. The summed E-state index contributed by atoms with van der Waals surface area (Å²) < 4.78 is 0. The molecule has 2 aromatic heterocycles. The lowest BCUT2D eigenvalue weighted by Gasteiger charge is -2.03. The van der Waals surface area contributed by atoms with Crippen LogP contribution < -0.4 is 5.73 Å². The first-order chi connectivity index (χ1) is 7.65. The number of nitrogens with two attached hydrogens (primary N) is 1. The van der Waals surface area contributed by atoms with E-state index >= 15 is 0 Å². The van der Waals surface area contributed by atoms with Gasteiger partial charge in [0.15, 0.2) is 0 Å². The Morgan fingerprint density at radius 2 is 1.94 bits per heavy atom. The second-order valence-electron chi connectivity index (χ2n) is 3.24. The lowest BCUT2D eigenvalue weighted by atomic mass is 10.3. The summed E-state index contributed by atoms with van der Waals surface area (Å²) in [5.41, 5.74) is 7.23. The molecule has 16 heavy (non-hydrogen) atoms. The summed E-state index contributed by atoms with van der Waals surface area (Å²) in [5, 5.41) is 2.37. The van der Waals surface area contributed by atoms with Gasteiger partial charge >= 0.3 is 0 Å². The highest BCUT2D eigenvalue weighted by molar-refractivity contribution is 7.99. The molecule has 0 bridgehead atoms. The SMILES string of the molecule is Cc1nc(Sc2ccc(Cl)cn2)ccc1N. The Kier molecular flexibility index (Phi) is 3.31. The van der Waals surface area contributed by atoms with Crippen molar-refractivity contribution in [2.24, 2.45) is 0 Å². The normalized spacial score (nSPS) is 10.4. The number of nitrogens with zero attached hydrogens (tertiary/aromatic N) is 2. The van der Waals surface area contributed by atoms with Gasteiger partial charge in [0.2, 0.25) is 0 Å². The maximum atomic E-state index is 5.76. The monoisotopic (exact) mass is 251 g/mol. The highest BCUT2D eigenvalue weighted by atomic mass is 35.5. The number of pyridine rings is 2. The zero-order valence-corrected chi connectivity index (χ0v) is 10.2. The average molecular weight is 252 g/mol. The molecule has 0 aliphatic carbocycles. The summed E-state index contributed by atoms with van der Waals surface area (Å²) in [6.07, 6.45) is 1.62. The first kappa shape index (κ1) is 11.2. The Labute approximate surface area is 103 Å². The van der Waals surface area contributed by atoms with Gasteiger partial charge in [-0.25, -0.2) is 9.97 Å². The van der Waals surface area contributed by atoms with E-state index in [-0.39, 0.29) is 0 Å². The topological polar surface area (TPSA) is 51.8 Å². The van der Waals surface area contributed by atoms with Crippen LogP contribution in [-0.4, -0.2) is 9.97 Å². The molecular weight excluding hydrogens is 242 g/mol. The minimum atomic E-state index is 0.630. The highest BCUT2D eigenvalue weighted by Crippen LogP contribution is 2.26. The van der Waals surface area contributed by atoms with Crippen molar-refractivity contribution in [3.05, 3.63) is 41.2 Å². The maximum Gasteiger partial charge on any atom is 0.103 e. The summed E-state index contributed by atoms with van der Waals surface area (Å²) in [6, 6.07) is 7.39. The molecule has 0 spiro atoms. The van der Waals surface area contributed by atoms with Crippen LogP contribution in [0, 0.1) is 6.92 Å². The van der Waals surface area contributed by atoms with Crippen molar-refractivity contribution in [1.29, 1.82) is 0 Å². The molecule has 2 heterocycles. The molecule has 2 aromatic rings. The lowest BCUT2D eigenvalue weighted by molar-refractivity contribution is 1.05. The molecule has 5 heteroatoms. The Morgan fingerprint density at radius 1 is 1.19 bits per heavy atom. The molecule has 0 amide bonds. The fourth-order valence-corrected chi connectivity index (χ4v) is 2.02. The number of nitrogen functional groups attached to an aromatic ring is 1. The second-order valence-corrected chi connectivity index (χ2v) is 4.72. The fraction of sp³-hybridized carbons (Fsp3) is 0.0909. The van der Waals surface area contributed by atoms with E-state index in [1.54, 1.807) is 12.3 Å². The Hall–Kier alpha value is -1.26. The molecule has 82 valence electrons. The van der Waals surface area contributed by atoms with E-state index in [2.05, 4.69) is 9.97 Å². The molecule has 0 atom stereocenters. The van der Waals surface area contributed by atoms with E-state index in [1.807, 2.05) is 25.1 Å². The number of hydrogen-bond donors (Lipinski definition) is 1. The molecule has 0 aromatic carbocycles. The van der Waals surface area contributed by atoms with E-state index in [0.29, 0.717) is 10.7 Å². The van der Waals surface area contributed by atoms with E-state index in [4.69, 9.17) is 17.3 Å². The largest absolute Gasteiger partial charge is 0.397 e. The van der Waals surface area contributed by atoms with Crippen molar-refractivity contribution in [2.75, 3.05) is 5.73 Å². The maximum absolute atomic E-state index is 5.76. The van der Waals surface area contributed by atoms with Gasteiger partial charge in [0.25, 0.3) is 0 Å². The summed E-state index contributed by atoms with van der Waals surface area (Å²) in [6.45, 7) is 1.88. The van der Waals surface area contributed by atoms with Crippen LogP contribution in [0.1, 0.15) is 5.69 Å². The number of hydrogen-bond acceptors (Lipinski definition) is 4. The number of anilines is 1. The summed E-state index contributed by atoms with van der Waals surface area (Å²) in [7, 11) is 0. The molecule has 0 saturated carbocycles. The summed E-state index contributed by atoms with van der Waals surface area (Å²) in [5.74, 6) is 0. The predicted octanol–water partition coefficient (Wildman–Crippen LogP) is 3.17. The van der Waals surface area contributed by atoms with Gasteiger partial charge in [-0.1, -0.05) is 23.4 Å². The van der Waals surface area contributed by atoms with Crippen molar-refractivity contribution >= 4 is 29.1 Å². The van der Waals surface area contributed by atoms with Gasteiger partial charge in [-0.2, -0.15) is 0 Å². The van der Waals surface area contributed by atoms with Crippen LogP contribution in [0.4, 0.5) is 5.69 Å². The van der Waals surface area contributed by atoms with Gasteiger partial charge in [-0.05, 0) is 31.2 Å². The Bertz CT molecular complexity index is 499.